The van der Waals surface area contributed by atoms with Gasteiger partial charge in [-0.3, -0.25) is 9.59 Å². The van der Waals surface area contributed by atoms with E-state index in [0.717, 1.165) is 0 Å². The number of rotatable bonds is 6. The Morgan fingerprint density at radius 2 is 1.67 bits per heavy atom. The molecule has 0 spiro atoms. The molecule has 2 amide bonds. The van der Waals surface area contributed by atoms with Crippen molar-refractivity contribution in [2.24, 2.45) is 11.8 Å². The third-order valence-corrected chi connectivity index (χ3v) is 4.07. The van der Waals surface area contributed by atoms with Crippen LogP contribution in [-0.2, 0) is 9.59 Å². The molecular formula is C13H25BrN2O2. The molecule has 0 aliphatic carbocycles. The van der Waals surface area contributed by atoms with Crippen LogP contribution in [0.15, 0.2) is 0 Å². The summed E-state index contributed by atoms with van der Waals surface area (Å²) in [6.45, 7) is 8.00. The lowest BCUT2D eigenvalue weighted by molar-refractivity contribution is -0.134. The zero-order valence-electron chi connectivity index (χ0n) is 12.2. The van der Waals surface area contributed by atoms with Gasteiger partial charge in [0, 0.05) is 14.1 Å². The zero-order valence-corrected chi connectivity index (χ0v) is 13.7. The van der Waals surface area contributed by atoms with E-state index in [9.17, 15) is 9.59 Å². The van der Waals surface area contributed by atoms with Crippen LogP contribution < -0.4 is 5.32 Å². The lowest BCUT2D eigenvalue weighted by Gasteiger charge is -2.25. The van der Waals surface area contributed by atoms with Gasteiger partial charge in [-0.1, -0.05) is 43.6 Å². The normalized spacial score (nSPS) is 14.5. The van der Waals surface area contributed by atoms with Crippen molar-refractivity contribution < 1.29 is 9.59 Å². The summed E-state index contributed by atoms with van der Waals surface area (Å²) >= 11 is 3.35. The van der Waals surface area contributed by atoms with Crippen LogP contribution in [0.4, 0.5) is 0 Å². The highest BCUT2D eigenvalue weighted by Crippen LogP contribution is 2.14. The summed E-state index contributed by atoms with van der Waals surface area (Å²) in [5.41, 5.74) is 0. The highest BCUT2D eigenvalue weighted by Gasteiger charge is 2.27. The molecule has 0 aliphatic heterocycles. The van der Waals surface area contributed by atoms with E-state index >= 15 is 0 Å². The Hall–Kier alpha value is -0.580. The van der Waals surface area contributed by atoms with Gasteiger partial charge in [0.05, 0.1) is 4.83 Å². The molecule has 5 heteroatoms. The lowest BCUT2D eigenvalue weighted by Crippen LogP contribution is -2.49. The first-order chi connectivity index (χ1) is 8.16. The van der Waals surface area contributed by atoms with Crippen molar-refractivity contribution in [1.82, 2.24) is 10.2 Å². The van der Waals surface area contributed by atoms with E-state index in [1.54, 1.807) is 14.1 Å². The van der Waals surface area contributed by atoms with Crippen LogP contribution >= 0.6 is 15.9 Å². The summed E-state index contributed by atoms with van der Waals surface area (Å²) in [6.07, 6.45) is 0.653. The van der Waals surface area contributed by atoms with E-state index in [2.05, 4.69) is 21.2 Å². The number of hydrogen-bond acceptors (Lipinski definition) is 2. The molecule has 0 saturated heterocycles. The number of carbonyl (C=O) groups excluding carboxylic acids is 2. The number of nitrogens with zero attached hydrogens (tertiary/aromatic N) is 1. The average Bonchev–Trinajstić information content (AvgIpc) is 2.24. The number of likely N-dealkylation sites (N-methyl/N-ethyl adjacent to an activating group) is 1. The van der Waals surface area contributed by atoms with Gasteiger partial charge in [0.1, 0.15) is 6.04 Å². The summed E-state index contributed by atoms with van der Waals surface area (Å²) in [5, 5.41) is 2.83. The molecule has 2 unspecified atom stereocenters. The second-order valence-electron chi connectivity index (χ2n) is 5.57. The molecule has 2 atom stereocenters. The Labute approximate surface area is 119 Å². The Bertz CT molecular complexity index is 291. The standard InChI is InChI=1S/C13H25BrN2O2/c1-8(2)7-10(13(18)16(5)6)15-12(17)11(14)9(3)4/h8-11H,7H2,1-6H3,(H,15,17). The van der Waals surface area contributed by atoms with Crippen molar-refractivity contribution in [1.29, 1.82) is 0 Å². The van der Waals surface area contributed by atoms with E-state index in [1.807, 2.05) is 27.7 Å². The van der Waals surface area contributed by atoms with E-state index in [1.165, 1.54) is 4.90 Å². The molecule has 18 heavy (non-hydrogen) atoms. The number of carbonyl (C=O) groups is 2. The molecule has 0 heterocycles. The van der Waals surface area contributed by atoms with Crippen LogP contribution in [0, 0.1) is 11.8 Å². The molecular weight excluding hydrogens is 296 g/mol. The van der Waals surface area contributed by atoms with Crippen LogP contribution in [0.25, 0.3) is 0 Å². The van der Waals surface area contributed by atoms with Gasteiger partial charge < -0.3 is 10.2 Å². The fourth-order valence-electron chi connectivity index (χ4n) is 1.56. The van der Waals surface area contributed by atoms with Crippen molar-refractivity contribution in [2.45, 2.75) is 45.0 Å². The molecule has 0 aromatic rings. The lowest BCUT2D eigenvalue weighted by atomic mass is 10.0. The largest absolute Gasteiger partial charge is 0.347 e. The quantitative estimate of drug-likeness (QED) is 0.761. The number of halogens is 1. The van der Waals surface area contributed by atoms with Crippen LogP contribution in [0.1, 0.15) is 34.1 Å². The van der Waals surface area contributed by atoms with Crippen LogP contribution in [0.3, 0.4) is 0 Å². The van der Waals surface area contributed by atoms with Crippen LogP contribution in [0.5, 0.6) is 0 Å². The first-order valence-electron chi connectivity index (χ1n) is 6.32. The molecule has 0 bridgehead atoms. The number of alkyl halides is 1. The minimum absolute atomic E-state index is 0.0551. The van der Waals surface area contributed by atoms with E-state index in [0.29, 0.717) is 12.3 Å². The zero-order chi connectivity index (χ0) is 14.5. The Morgan fingerprint density at radius 3 is 2.00 bits per heavy atom. The molecule has 0 fully saturated rings. The van der Waals surface area contributed by atoms with Crippen molar-refractivity contribution in [3.05, 3.63) is 0 Å². The first kappa shape index (κ1) is 17.4. The summed E-state index contributed by atoms with van der Waals surface area (Å²) in [4.78, 5) is 25.2. The second kappa shape index (κ2) is 7.77. The number of hydrogen-bond donors (Lipinski definition) is 1. The Kier molecular flexibility index (Phi) is 7.52. The minimum Gasteiger partial charge on any atom is -0.347 e. The van der Waals surface area contributed by atoms with E-state index < -0.39 is 6.04 Å². The summed E-state index contributed by atoms with van der Waals surface area (Å²) in [6, 6.07) is -0.439. The predicted octanol–water partition coefficient (Wildman–Crippen LogP) is 2.02. The predicted molar refractivity (Wildman–Crippen MR) is 77.6 cm³/mol. The van der Waals surface area contributed by atoms with Gasteiger partial charge >= 0.3 is 0 Å². The van der Waals surface area contributed by atoms with Gasteiger partial charge in [-0.15, -0.1) is 0 Å². The van der Waals surface area contributed by atoms with Crippen molar-refractivity contribution in [2.75, 3.05) is 14.1 Å². The van der Waals surface area contributed by atoms with Gasteiger partial charge in [0.15, 0.2) is 0 Å². The molecule has 0 aliphatic rings. The molecule has 0 rings (SSSR count). The number of amides is 2. The van der Waals surface area contributed by atoms with Gasteiger partial charge in [0.25, 0.3) is 0 Å². The van der Waals surface area contributed by atoms with Crippen molar-refractivity contribution >= 4 is 27.7 Å². The topological polar surface area (TPSA) is 49.4 Å². The highest BCUT2D eigenvalue weighted by atomic mass is 79.9. The Balaban J connectivity index is 4.69. The summed E-state index contributed by atoms with van der Waals surface area (Å²) < 4.78 is 0. The molecule has 0 aromatic heterocycles. The highest BCUT2D eigenvalue weighted by molar-refractivity contribution is 9.10. The number of nitrogens with one attached hydrogen (secondary N) is 1. The maximum atomic E-state index is 12.0. The third kappa shape index (κ3) is 5.85. The molecule has 0 radical (unpaired) electrons. The summed E-state index contributed by atoms with van der Waals surface area (Å²) in [7, 11) is 3.41. The maximum absolute atomic E-state index is 12.0. The first-order valence-corrected chi connectivity index (χ1v) is 7.24. The van der Waals surface area contributed by atoms with E-state index in [-0.39, 0.29) is 22.6 Å². The third-order valence-electron chi connectivity index (χ3n) is 2.60. The molecule has 1 N–H and O–H groups in total. The Morgan fingerprint density at radius 1 is 1.17 bits per heavy atom. The minimum atomic E-state index is -0.439. The summed E-state index contributed by atoms with van der Waals surface area (Å²) in [5.74, 6) is 0.373. The smallest absolute Gasteiger partial charge is 0.244 e. The maximum Gasteiger partial charge on any atom is 0.244 e. The van der Waals surface area contributed by atoms with Crippen molar-refractivity contribution in [3.63, 3.8) is 0 Å². The fraction of sp³-hybridized carbons (Fsp3) is 0.846. The molecule has 4 nitrogen and oxygen atoms in total. The van der Waals surface area contributed by atoms with Crippen LogP contribution in [-0.4, -0.2) is 41.7 Å². The van der Waals surface area contributed by atoms with Crippen LogP contribution in [0.2, 0.25) is 0 Å². The van der Waals surface area contributed by atoms with Gasteiger partial charge in [-0.25, -0.2) is 0 Å². The van der Waals surface area contributed by atoms with Crippen molar-refractivity contribution in [3.8, 4) is 0 Å². The second-order valence-corrected chi connectivity index (χ2v) is 6.56. The fourth-order valence-corrected chi connectivity index (χ4v) is 1.69. The molecule has 0 saturated carbocycles. The average molecular weight is 321 g/mol. The monoisotopic (exact) mass is 320 g/mol. The van der Waals surface area contributed by atoms with Gasteiger partial charge in [-0.2, -0.15) is 0 Å². The SMILES string of the molecule is CC(C)CC(NC(=O)C(Br)C(C)C)C(=O)N(C)C. The molecule has 0 aromatic carbocycles. The van der Waals surface area contributed by atoms with E-state index in [4.69, 9.17) is 0 Å². The molecule has 106 valence electrons. The van der Waals surface area contributed by atoms with Gasteiger partial charge in [-0.05, 0) is 18.3 Å². The van der Waals surface area contributed by atoms with Gasteiger partial charge in [0.2, 0.25) is 11.8 Å².